The number of rotatable bonds is 4. The Hall–Kier alpha value is -2.96. The van der Waals surface area contributed by atoms with Crippen LogP contribution in [0.25, 0.3) is 10.9 Å². The summed E-state index contributed by atoms with van der Waals surface area (Å²) in [5.74, 6) is -0.904. The van der Waals surface area contributed by atoms with E-state index in [1.807, 2.05) is 12.1 Å². The lowest BCUT2D eigenvalue weighted by molar-refractivity contribution is -0.123. The van der Waals surface area contributed by atoms with Crippen molar-refractivity contribution >= 4 is 28.8 Å². The summed E-state index contributed by atoms with van der Waals surface area (Å²) in [5.41, 5.74) is 1.70. The Morgan fingerprint density at radius 1 is 1.18 bits per heavy atom. The van der Waals surface area contributed by atoms with Crippen molar-refractivity contribution in [3.05, 3.63) is 41.6 Å². The number of nitrogens with one attached hydrogen (secondary N) is 2. The van der Waals surface area contributed by atoms with Crippen LogP contribution >= 0.6 is 0 Å². The van der Waals surface area contributed by atoms with E-state index in [0.29, 0.717) is 28.1 Å². The Labute approximate surface area is 163 Å². The number of aromatic nitrogens is 1. The van der Waals surface area contributed by atoms with Crippen molar-refractivity contribution < 1.29 is 19.1 Å². The van der Waals surface area contributed by atoms with Gasteiger partial charge in [-0.2, -0.15) is 0 Å². The van der Waals surface area contributed by atoms with E-state index in [1.54, 1.807) is 25.1 Å². The molecule has 3 amide bonds. The van der Waals surface area contributed by atoms with Crippen molar-refractivity contribution in [2.75, 3.05) is 6.61 Å². The van der Waals surface area contributed by atoms with E-state index in [0.717, 1.165) is 19.3 Å². The van der Waals surface area contributed by atoms with Gasteiger partial charge < -0.3 is 10.1 Å². The van der Waals surface area contributed by atoms with Gasteiger partial charge in [0.2, 0.25) is 0 Å². The smallest absolute Gasteiger partial charge is 0.339 e. The average molecular weight is 383 g/mol. The van der Waals surface area contributed by atoms with Gasteiger partial charge in [0, 0.05) is 17.1 Å². The predicted molar refractivity (Wildman–Crippen MR) is 105 cm³/mol. The standard InChI is InChI=1S/C21H25N3O4/c1-13-7-3-5-9-17(13)23-21(27)24-19(25)12-28-20(26)16-11-14(2)22-18-10-6-4-8-15(16)18/h4,6,8,10-11,13,17H,3,5,7,9,12H2,1-2H3,(H2,23,24,25,27)/t13-,17-/m1/s1. The first-order chi connectivity index (χ1) is 13.4. The highest BCUT2D eigenvalue weighted by Gasteiger charge is 2.23. The number of hydrogen-bond donors (Lipinski definition) is 2. The number of benzene rings is 1. The SMILES string of the molecule is Cc1cc(C(=O)OCC(=O)NC(=O)N[C@@H]2CCCC[C@H]2C)c2ccccc2n1. The third kappa shape index (κ3) is 4.85. The number of fused-ring (bicyclic) bond motifs is 1. The molecule has 1 fully saturated rings. The van der Waals surface area contributed by atoms with Gasteiger partial charge >= 0.3 is 12.0 Å². The summed E-state index contributed by atoms with van der Waals surface area (Å²) in [6.07, 6.45) is 4.21. The van der Waals surface area contributed by atoms with E-state index in [4.69, 9.17) is 4.74 Å². The molecule has 28 heavy (non-hydrogen) atoms. The molecule has 1 aromatic heterocycles. The number of urea groups is 1. The van der Waals surface area contributed by atoms with Crippen LogP contribution < -0.4 is 10.6 Å². The van der Waals surface area contributed by atoms with E-state index >= 15 is 0 Å². The number of imide groups is 1. The molecule has 0 unspecified atom stereocenters. The first-order valence-electron chi connectivity index (χ1n) is 9.58. The van der Waals surface area contributed by atoms with E-state index in [-0.39, 0.29) is 6.04 Å². The normalized spacial score (nSPS) is 19.1. The van der Waals surface area contributed by atoms with Gasteiger partial charge in [-0.1, -0.05) is 38.0 Å². The largest absolute Gasteiger partial charge is 0.452 e. The first-order valence-corrected chi connectivity index (χ1v) is 9.58. The van der Waals surface area contributed by atoms with Crippen LogP contribution in [-0.2, 0) is 9.53 Å². The topological polar surface area (TPSA) is 97.4 Å². The number of carbonyl (C=O) groups excluding carboxylic acids is 3. The van der Waals surface area contributed by atoms with Crippen LogP contribution in [0.5, 0.6) is 0 Å². The highest BCUT2D eigenvalue weighted by atomic mass is 16.5. The number of esters is 1. The summed E-state index contributed by atoms with van der Waals surface area (Å²) in [6.45, 7) is 3.35. The molecule has 1 aliphatic rings. The second kappa shape index (κ2) is 8.82. The lowest BCUT2D eigenvalue weighted by atomic mass is 9.86. The molecule has 1 aliphatic carbocycles. The van der Waals surface area contributed by atoms with Crippen molar-refractivity contribution in [2.24, 2.45) is 5.92 Å². The molecule has 0 spiro atoms. The fourth-order valence-electron chi connectivity index (χ4n) is 3.58. The van der Waals surface area contributed by atoms with Crippen molar-refractivity contribution in [1.29, 1.82) is 0 Å². The lowest BCUT2D eigenvalue weighted by Gasteiger charge is -2.29. The number of ether oxygens (including phenoxy) is 1. The van der Waals surface area contributed by atoms with Crippen LogP contribution in [0.15, 0.2) is 30.3 Å². The zero-order chi connectivity index (χ0) is 20.1. The van der Waals surface area contributed by atoms with Gasteiger partial charge in [-0.05, 0) is 37.8 Å². The number of para-hydroxylation sites is 1. The first kappa shape index (κ1) is 19.8. The molecule has 7 heteroatoms. The van der Waals surface area contributed by atoms with Gasteiger partial charge in [-0.3, -0.25) is 15.1 Å². The molecule has 0 radical (unpaired) electrons. The van der Waals surface area contributed by atoms with Gasteiger partial charge in [-0.15, -0.1) is 0 Å². The molecule has 1 saturated carbocycles. The maximum Gasteiger partial charge on any atom is 0.339 e. The van der Waals surface area contributed by atoms with Crippen LogP contribution in [0.1, 0.15) is 48.7 Å². The quantitative estimate of drug-likeness (QED) is 0.791. The van der Waals surface area contributed by atoms with Crippen LogP contribution in [0.3, 0.4) is 0 Å². The summed E-state index contributed by atoms with van der Waals surface area (Å²) in [4.78, 5) is 40.8. The number of aryl methyl sites for hydroxylation is 1. The summed E-state index contributed by atoms with van der Waals surface area (Å²) < 4.78 is 5.11. The third-order valence-electron chi connectivity index (χ3n) is 5.08. The summed E-state index contributed by atoms with van der Waals surface area (Å²) >= 11 is 0. The van der Waals surface area contributed by atoms with Gasteiger partial charge in [0.1, 0.15) is 0 Å². The molecule has 2 aromatic rings. The predicted octanol–water partition coefficient (Wildman–Crippen LogP) is 3.10. The summed E-state index contributed by atoms with van der Waals surface area (Å²) in [7, 11) is 0. The van der Waals surface area contributed by atoms with Crippen LogP contribution in [-0.4, -0.2) is 35.5 Å². The van der Waals surface area contributed by atoms with Crippen molar-refractivity contribution in [2.45, 2.75) is 45.6 Å². The monoisotopic (exact) mass is 383 g/mol. The minimum Gasteiger partial charge on any atom is -0.452 e. The minimum atomic E-state index is -0.663. The number of pyridine rings is 1. The minimum absolute atomic E-state index is 0.0651. The van der Waals surface area contributed by atoms with Crippen LogP contribution in [0, 0.1) is 12.8 Å². The number of amides is 3. The van der Waals surface area contributed by atoms with E-state index in [9.17, 15) is 14.4 Å². The molecule has 2 atom stereocenters. The van der Waals surface area contributed by atoms with Gasteiger partial charge in [-0.25, -0.2) is 9.59 Å². The Balaban J connectivity index is 1.54. The van der Waals surface area contributed by atoms with Gasteiger partial charge in [0.05, 0.1) is 11.1 Å². The molecule has 7 nitrogen and oxygen atoms in total. The molecule has 3 rings (SSSR count). The van der Waals surface area contributed by atoms with E-state index in [1.165, 1.54) is 6.42 Å². The van der Waals surface area contributed by atoms with Crippen LogP contribution in [0.4, 0.5) is 4.79 Å². The van der Waals surface area contributed by atoms with Crippen LogP contribution in [0.2, 0.25) is 0 Å². The summed E-state index contributed by atoms with van der Waals surface area (Å²) in [6, 6.07) is 8.36. The second-order valence-corrected chi connectivity index (χ2v) is 7.29. The van der Waals surface area contributed by atoms with Crippen molar-refractivity contribution in [1.82, 2.24) is 15.6 Å². The molecular formula is C21H25N3O4. The zero-order valence-corrected chi connectivity index (χ0v) is 16.2. The van der Waals surface area contributed by atoms with E-state index in [2.05, 4.69) is 22.5 Å². The van der Waals surface area contributed by atoms with Gasteiger partial charge in [0.25, 0.3) is 5.91 Å². The molecule has 148 valence electrons. The maximum absolute atomic E-state index is 12.4. The molecular weight excluding hydrogens is 358 g/mol. The highest BCUT2D eigenvalue weighted by molar-refractivity contribution is 6.04. The molecule has 1 heterocycles. The van der Waals surface area contributed by atoms with Crippen molar-refractivity contribution in [3.63, 3.8) is 0 Å². The molecule has 2 N–H and O–H groups in total. The number of nitrogens with zero attached hydrogens (tertiary/aromatic N) is 1. The van der Waals surface area contributed by atoms with Crippen molar-refractivity contribution in [3.8, 4) is 0 Å². The molecule has 0 bridgehead atoms. The average Bonchev–Trinajstić information content (AvgIpc) is 2.67. The molecule has 0 aliphatic heterocycles. The second-order valence-electron chi connectivity index (χ2n) is 7.29. The summed E-state index contributed by atoms with van der Waals surface area (Å²) in [5, 5.41) is 5.71. The lowest BCUT2D eigenvalue weighted by Crippen LogP contribution is -2.48. The fourth-order valence-corrected chi connectivity index (χ4v) is 3.58. The maximum atomic E-state index is 12.4. The molecule has 1 aromatic carbocycles. The number of hydrogen-bond acceptors (Lipinski definition) is 5. The highest BCUT2D eigenvalue weighted by Crippen LogP contribution is 2.23. The van der Waals surface area contributed by atoms with Gasteiger partial charge in [0.15, 0.2) is 6.61 Å². The fraction of sp³-hybridized carbons (Fsp3) is 0.429. The zero-order valence-electron chi connectivity index (χ0n) is 16.2. The number of carbonyl (C=O) groups is 3. The van der Waals surface area contributed by atoms with E-state index < -0.39 is 24.5 Å². The Morgan fingerprint density at radius 3 is 2.71 bits per heavy atom. The molecule has 0 saturated heterocycles. The Morgan fingerprint density at radius 2 is 1.93 bits per heavy atom. The Kier molecular flexibility index (Phi) is 6.23. The Bertz CT molecular complexity index is 896. The third-order valence-corrected chi connectivity index (χ3v) is 5.08.